The van der Waals surface area contributed by atoms with E-state index in [1.54, 1.807) is 0 Å². The van der Waals surface area contributed by atoms with E-state index in [0.29, 0.717) is 17.2 Å². The SMILES string of the molecule is CCCNc1nc(N)c(C(=O)N2CCN(C)C(C)(C)C2)s1. The topological polar surface area (TPSA) is 74.5 Å². The zero-order valence-corrected chi connectivity index (χ0v) is 14.1. The van der Waals surface area contributed by atoms with Gasteiger partial charge < -0.3 is 16.0 Å². The van der Waals surface area contributed by atoms with Gasteiger partial charge in [-0.05, 0) is 27.3 Å². The number of amides is 1. The van der Waals surface area contributed by atoms with Crippen molar-refractivity contribution in [3.63, 3.8) is 0 Å². The van der Waals surface area contributed by atoms with Crippen molar-refractivity contribution < 1.29 is 4.79 Å². The summed E-state index contributed by atoms with van der Waals surface area (Å²) in [5.74, 6) is 0.330. The second-order valence-electron chi connectivity index (χ2n) is 6.12. The lowest BCUT2D eigenvalue weighted by atomic mass is 9.99. The van der Waals surface area contributed by atoms with E-state index >= 15 is 0 Å². The first kappa shape index (κ1) is 16.0. The number of nitrogens with two attached hydrogens (primary N) is 1. The van der Waals surface area contributed by atoms with Crippen LogP contribution in [-0.4, -0.2) is 59.5 Å². The fourth-order valence-corrected chi connectivity index (χ4v) is 3.23. The second kappa shape index (κ2) is 6.19. The maximum absolute atomic E-state index is 12.7. The average molecular weight is 311 g/mol. The van der Waals surface area contributed by atoms with Gasteiger partial charge in [-0.2, -0.15) is 0 Å². The largest absolute Gasteiger partial charge is 0.382 e. The number of hydrogen-bond acceptors (Lipinski definition) is 6. The lowest BCUT2D eigenvalue weighted by Gasteiger charge is -2.45. The minimum atomic E-state index is -0.0172. The number of nitrogen functional groups attached to an aromatic ring is 1. The molecule has 0 spiro atoms. The number of anilines is 2. The second-order valence-corrected chi connectivity index (χ2v) is 7.12. The Kier molecular flexibility index (Phi) is 4.73. The van der Waals surface area contributed by atoms with Crippen molar-refractivity contribution in [2.45, 2.75) is 32.7 Å². The summed E-state index contributed by atoms with van der Waals surface area (Å²) in [5, 5.41) is 3.91. The van der Waals surface area contributed by atoms with Crippen molar-refractivity contribution in [3.05, 3.63) is 4.88 Å². The van der Waals surface area contributed by atoms with Gasteiger partial charge in [-0.15, -0.1) is 0 Å². The van der Waals surface area contributed by atoms with E-state index in [9.17, 15) is 4.79 Å². The summed E-state index contributed by atoms with van der Waals surface area (Å²) >= 11 is 1.35. The van der Waals surface area contributed by atoms with E-state index in [2.05, 4.69) is 43.0 Å². The zero-order chi connectivity index (χ0) is 15.6. The Hall–Kier alpha value is -1.34. The highest BCUT2D eigenvalue weighted by Gasteiger charge is 2.34. The smallest absolute Gasteiger partial charge is 0.267 e. The third-order valence-electron chi connectivity index (χ3n) is 3.98. The van der Waals surface area contributed by atoms with Crippen LogP contribution in [0.2, 0.25) is 0 Å². The molecule has 6 nitrogen and oxygen atoms in total. The molecular weight excluding hydrogens is 286 g/mol. The molecule has 1 aromatic heterocycles. The molecule has 0 saturated carbocycles. The number of aromatic nitrogens is 1. The van der Waals surface area contributed by atoms with Crippen LogP contribution in [-0.2, 0) is 0 Å². The Morgan fingerprint density at radius 1 is 1.48 bits per heavy atom. The average Bonchev–Trinajstić information content (AvgIpc) is 2.79. The molecule has 3 N–H and O–H groups in total. The Labute approximate surface area is 130 Å². The van der Waals surface area contributed by atoms with Crippen molar-refractivity contribution in [1.82, 2.24) is 14.8 Å². The summed E-state index contributed by atoms with van der Waals surface area (Å²) in [4.78, 5) is 21.6. The number of piperazine rings is 1. The molecule has 118 valence electrons. The van der Waals surface area contributed by atoms with Crippen LogP contribution in [0.25, 0.3) is 0 Å². The highest BCUT2D eigenvalue weighted by molar-refractivity contribution is 7.18. The van der Waals surface area contributed by atoms with Gasteiger partial charge in [-0.3, -0.25) is 9.69 Å². The molecule has 1 fully saturated rings. The Bertz CT molecular complexity index is 513. The standard InChI is InChI=1S/C14H25N5OS/c1-5-6-16-13-17-11(15)10(21-13)12(20)19-8-7-18(4)14(2,3)9-19/h5-9,15H2,1-4H3,(H,16,17). The van der Waals surface area contributed by atoms with Gasteiger partial charge in [0.05, 0.1) is 0 Å². The van der Waals surface area contributed by atoms with Gasteiger partial charge in [0.25, 0.3) is 5.91 Å². The van der Waals surface area contributed by atoms with Crippen molar-refractivity contribution in [1.29, 1.82) is 0 Å². The first-order valence-electron chi connectivity index (χ1n) is 7.36. The first-order chi connectivity index (χ1) is 9.85. The van der Waals surface area contributed by atoms with E-state index in [1.807, 2.05) is 4.90 Å². The van der Waals surface area contributed by atoms with Gasteiger partial charge >= 0.3 is 0 Å². The van der Waals surface area contributed by atoms with E-state index in [1.165, 1.54) is 11.3 Å². The Balaban J connectivity index is 2.11. The van der Waals surface area contributed by atoms with Crippen molar-refractivity contribution >= 4 is 28.2 Å². The number of rotatable bonds is 4. The van der Waals surface area contributed by atoms with Gasteiger partial charge in [0.1, 0.15) is 10.7 Å². The van der Waals surface area contributed by atoms with Crippen molar-refractivity contribution in [2.24, 2.45) is 0 Å². The highest BCUT2D eigenvalue weighted by Crippen LogP contribution is 2.28. The normalized spacial score (nSPS) is 18.8. The molecule has 1 amide bonds. The molecule has 1 aliphatic heterocycles. The molecule has 1 aliphatic rings. The van der Waals surface area contributed by atoms with Gasteiger partial charge in [-0.1, -0.05) is 18.3 Å². The summed E-state index contributed by atoms with van der Waals surface area (Å²) in [6.45, 7) is 9.53. The van der Waals surface area contributed by atoms with Crippen LogP contribution in [0.4, 0.5) is 10.9 Å². The minimum Gasteiger partial charge on any atom is -0.382 e. The summed E-state index contributed by atoms with van der Waals surface area (Å²) < 4.78 is 0. The van der Waals surface area contributed by atoms with E-state index in [-0.39, 0.29) is 11.4 Å². The third kappa shape index (κ3) is 3.47. The molecule has 0 aliphatic carbocycles. The molecule has 0 bridgehead atoms. The number of nitrogens with zero attached hydrogens (tertiary/aromatic N) is 3. The molecule has 2 heterocycles. The predicted molar refractivity (Wildman–Crippen MR) is 87.9 cm³/mol. The third-order valence-corrected chi connectivity index (χ3v) is 4.99. The maximum Gasteiger partial charge on any atom is 0.267 e. The first-order valence-corrected chi connectivity index (χ1v) is 8.17. The van der Waals surface area contributed by atoms with Gasteiger partial charge in [0.2, 0.25) is 0 Å². The van der Waals surface area contributed by atoms with Crippen LogP contribution in [0.5, 0.6) is 0 Å². The number of thiazole rings is 1. The number of nitrogens with one attached hydrogen (secondary N) is 1. The number of hydrogen-bond donors (Lipinski definition) is 2. The van der Waals surface area contributed by atoms with Crippen LogP contribution in [0, 0.1) is 0 Å². The number of carbonyl (C=O) groups is 1. The van der Waals surface area contributed by atoms with E-state index in [0.717, 1.165) is 31.2 Å². The minimum absolute atomic E-state index is 0.00396. The van der Waals surface area contributed by atoms with Crippen molar-refractivity contribution in [2.75, 3.05) is 44.3 Å². The number of likely N-dealkylation sites (N-methyl/N-ethyl adjacent to an activating group) is 1. The lowest BCUT2D eigenvalue weighted by Crippen LogP contribution is -2.58. The molecule has 2 rings (SSSR count). The fourth-order valence-electron chi connectivity index (χ4n) is 2.35. The molecule has 1 aromatic rings. The van der Waals surface area contributed by atoms with Crippen molar-refractivity contribution in [3.8, 4) is 0 Å². The molecule has 0 radical (unpaired) electrons. The Morgan fingerprint density at radius 2 is 2.19 bits per heavy atom. The van der Waals surface area contributed by atoms with Gasteiger partial charge in [0.15, 0.2) is 5.13 Å². The van der Waals surface area contributed by atoms with Crippen LogP contribution in [0.15, 0.2) is 0 Å². The molecule has 1 saturated heterocycles. The molecule has 0 atom stereocenters. The molecule has 7 heteroatoms. The van der Waals surface area contributed by atoms with E-state index < -0.39 is 0 Å². The van der Waals surface area contributed by atoms with Crippen LogP contribution >= 0.6 is 11.3 Å². The number of carbonyl (C=O) groups excluding carboxylic acids is 1. The molecule has 0 aromatic carbocycles. The van der Waals surface area contributed by atoms with Crippen LogP contribution < -0.4 is 11.1 Å². The Morgan fingerprint density at radius 3 is 2.81 bits per heavy atom. The zero-order valence-electron chi connectivity index (χ0n) is 13.3. The van der Waals surface area contributed by atoms with Crippen LogP contribution in [0.1, 0.15) is 36.9 Å². The van der Waals surface area contributed by atoms with Crippen LogP contribution in [0.3, 0.4) is 0 Å². The molecule has 0 unspecified atom stereocenters. The van der Waals surface area contributed by atoms with E-state index in [4.69, 9.17) is 5.73 Å². The summed E-state index contributed by atoms with van der Waals surface area (Å²) in [5.41, 5.74) is 5.90. The quantitative estimate of drug-likeness (QED) is 0.885. The summed E-state index contributed by atoms with van der Waals surface area (Å²) in [7, 11) is 2.09. The predicted octanol–water partition coefficient (Wildman–Crippen LogP) is 1.71. The highest BCUT2D eigenvalue weighted by atomic mass is 32.1. The van der Waals surface area contributed by atoms with Gasteiger partial charge in [-0.25, -0.2) is 4.98 Å². The summed E-state index contributed by atoms with van der Waals surface area (Å²) in [6.07, 6.45) is 1.01. The molecule has 21 heavy (non-hydrogen) atoms. The monoisotopic (exact) mass is 311 g/mol. The summed E-state index contributed by atoms with van der Waals surface area (Å²) in [6, 6.07) is 0. The molecular formula is C14H25N5OS. The fraction of sp³-hybridized carbons (Fsp3) is 0.714. The maximum atomic E-state index is 12.7. The lowest BCUT2D eigenvalue weighted by molar-refractivity contribution is 0.0315. The van der Waals surface area contributed by atoms with Gasteiger partial charge in [0, 0.05) is 31.7 Å².